The normalized spacial score (nSPS) is 12.2. The van der Waals surface area contributed by atoms with Crippen molar-refractivity contribution in [3.05, 3.63) is 45.6 Å². The molecule has 1 atom stereocenters. The fraction of sp³-hybridized carbons (Fsp3) is 0.444. The molecular formula is C18H25NOS. The molecule has 1 aromatic carbocycles. The van der Waals surface area contributed by atoms with Crippen molar-refractivity contribution in [1.29, 1.82) is 0 Å². The monoisotopic (exact) mass is 303 g/mol. The van der Waals surface area contributed by atoms with Crippen LogP contribution >= 0.6 is 11.3 Å². The molecule has 1 heterocycles. The van der Waals surface area contributed by atoms with Crippen LogP contribution in [0.25, 0.3) is 0 Å². The summed E-state index contributed by atoms with van der Waals surface area (Å²) >= 11 is 1.88. The summed E-state index contributed by atoms with van der Waals surface area (Å²) in [5.41, 5.74) is 2.30. The quantitative estimate of drug-likeness (QED) is 0.721. The van der Waals surface area contributed by atoms with Crippen molar-refractivity contribution in [2.24, 2.45) is 0 Å². The number of nitrogens with one attached hydrogen (secondary N) is 1. The second-order valence-corrected chi connectivity index (χ2v) is 6.57. The van der Waals surface area contributed by atoms with E-state index in [1.165, 1.54) is 15.3 Å². The van der Waals surface area contributed by atoms with Gasteiger partial charge in [-0.25, -0.2) is 0 Å². The predicted molar refractivity (Wildman–Crippen MR) is 92.7 cm³/mol. The van der Waals surface area contributed by atoms with Gasteiger partial charge in [0.25, 0.3) is 0 Å². The van der Waals surface area contributed by atoms with Gasteiger partial charge in [-0.3, -0.25) is 0 Å². The average molecular weight is 303 g/mol. The van der Waals surface area contributed by atoms with Gasteiger partial charge in [0.2, 0.25) is 0 Å². The Labute approximate surface area is 132 Å². The molecule has 0 aliphatic carbocycles. The van der Waals surface area contributed by atoms with E-state index in [9.17, 15) is 0 Å². The van der Waals surface area contributed by atoms with Crippen LogP contribution in [0.15, 0.2) is 30.3 Å². The number of thiophene rings is 1. The van der Waals surface area contributed by atoms with E-state index in [0.717, 1.165) is 30.9 Å². The fourth-order valence-electron chi connectivity index (χ4n) is 2.20. The van der Waals surface area contributed by atoms with Gasteiger partial charge in [0, 0.05) is 9.75 Å². The zero-order chi connectivity index (χ0) is 15.2. The third-order valence-electron chi connectivity index (χ3n) is 3.43. The Morgan fingerprint density at radius 1 is 1.19 bits per heavy atom. The Bertz CT molecular complexity index is 576. The van der Waals surface area contributed by atoms with Crippen molar-refractivity contribution in [3.8, 4) is 5.75 Å². The lowest BCUT2D eigenvalue weighted by Crippen LogP contribution is -2.07. The Kier molecular flexibility index (Phi) is 5.68. The van der Waals surface area contributed by atoms with Crippen molar-refractivity contribution < 1.29 is 4.74 Å². The number of aryl methyl sites for hydroxylation is 2. The Hall–Kier alpha value is -1.48. The van der Waals surface area contributed by atoms with Gasteiger partial charge >= 0.3 is 0 Å². The first kappa shape index (κ1) is 15.9. The van der Waals surface area contributed by atoms with Crippen LogP contribution < -0.4 is 10.1 Å². The molecule has 114 valence electrons. The molecule has 1 N–H and O–H groups in total. The van der Waals surface area contributed by atoms with E-state index in [1.54, 1.807) is 0 Å². The molecule has 0 spiro atoms. The molecule has 2 rings (SSSR count). The SMILES string of the molecule is CCCOc1cc(C)ccc1NC(C)c1ccc(CC)s1. The topological polar surface area (TPSA) is 21.3 Å². The van der Waals surface area contributed by atoms with Gasteiger partial charge in [-0.2, -0.15) is 0 Å². The lowest BCUT2D eigenvalue weighted by Gasteiger charge is -2.18. The fourth-order valence-corrected chi connectivity index (χ4v) is 3.16. The summed E-state index contributed by atoms with van der Waals surface area (Å²) < 4.78 is 5.87. The summed E-state index contributed by atoms with van der Waals surface area (Å²) in [6, 6.07) is 11.1. The number of rotatable bonds is 7. The third-order valence-corrected chi connectivity index (χ3v) is 4.84. The summed E-state index contributed by atoms with van der Waals surface area (Å²) in [7, 11) is 0. The standard InChI is InChI=1S/C18H25NOS/c1-5-11-20-17-12-13(3)7-9-16(17)19-14(4)18-10-8-15(6-2)21-18/h7-10,12,14,19H,5-6,11H2,1-4H3. The van der Waals surface area contributed by atoms with Gasteiger partial charge in [0.15, 0.2) is 0 Å². The lowest BCUT2D eigenvalue weighted by molar-refractivity contribution is 0.318. The second kappa shape index (κ2) is 7.51. The van der Waals surface area contributed by atoms with Crippen molar-refractivity contribution in [2.75, 3.05) is 11.9 Å². The molecule has 0 saturated carbocycles. The van der Waals surface area contributed by atoms with E-state index < -0.39 is 0 Å². The molecule has 2 nitrogen and oxygen atoms in total. The highest BCUT2D eigenvalue weighted by Gasteiger charge is 2.11. The zero-order valence-corrected chi connectivity index (χ0v) is 14.2. The largest absolute Gasteiger partial charge is 0.491 e. The predicted octanol–water partition coefficient (Wildman–Crippen LogP) is 5.58. The number of anilines is 1. The lowest BCUT2D eigenvalue weighted by atomic mass is 10.2. The van der Waals surface area contributed by atoms with E-state index >= 15 is 0 Å². The molecule has 0 saturated heterocycles. The summed E-state index contributed by atoms with van der Waals surface area (Å²) in [5.74, 6) is 0.955. The van der Waals surface area contributed by atoms with E-state index in [0.29, 0.717) is 6.04 Å². The van der Waals surface area contributed by atoms with Crippen LogP contribution in [-0.4, -0.2) is 6.61 Å². The zero-order valence-electron chi connectivity index (χ0n) is 13.4. The first-order chi connectivity index (χ1) is 10.1. The van der Waals surface area contributed by atoms with Crippen molar-refractivity contribution in [2.45, 2.75) is 46.6 Å². The minimum atomic E-state index is 0.294. The molecule has 0 bridgehead atoms. The van der Waals surface area contributed by atoms with Crippen LogP contribution in [0.5, 0.6) is 5.75 Å². The average Bonchev–Trinajstić information content (AvgIpc) is 2.96. The molecule has 1 aromatic heterocycles. The van der Waals surface area contributed by atoms with E-state index in [4.69, 9.17) is 4.74 Å². The molecule has 3 heteroatoms. The van der Waals surface area contributed by atoms with Gasteiger partial charge in [-0.05, 0) is 56.5 Å². The highest BCUT2D eigenvalue weighted by molar-refractivity contribution is 7.12. The number of ether oxygens (including phenoxy) is 1. The molecular weight excluding hydrogens is 278 g/mol. The minimum Gasteiger partial charge on any atom is -0.491 e. The van der Waals surface area contributed by atoms with Crippen LogP contribution in [0.2, 0.25) is 0 Å². The molecule has 0 amide bonds. The van der Waals surface area contributed by atoms with E-state index in [1.807, 2.05) is 11.3 Å². The molecule has 1 unspecified atom stereocenters. The number of hydrogen-bond donors (Lipinski definition) is 1. The Morgan fingerprint density at radius 3 is 2.67 bits per heavy atom. The minimum absolute atomic E-state index is 0.294. The Balaban J connectivity index is 2.13. The maximum Gasteiger partial charge on any atom is 0.142 e. The van der Waals surface area contributed by atoms with Crippen LogP contribution in [0.1, 0.15) is 48.6 Å². The van der Waals surface area contributed by atoms with Crippen LogP contribution in [0, 0.1) is 6.92 Å². The number of hydrogen-bond acceptors (Lipinski definition) is 3. The number of benzene rings is 1. The maximum atomic E-state index is 5.87. The van der Waals surface area contributed by atoms with Crippen molar-refractivity contribution in [1.82, 2.24) is 0 Å². The van der Waals surface area contributed by atoms with Gasteiger partial charge < -0.3 is 10.1 Å². The molecule has 21 heavy (non-hydrogen) atoms. The van der Waals surface area contributed by atoms with Gasteiger partial charge in [0.1, 0.15) is 5.75 Å². The first-order valence-corrected chi connectivity index (χ1v) is 8.54. The highest BCUT2D eigenvalue weighted by atomic mass is 32.1. The summed E-state index contributed by atoms with van der Waals surface area (Å²) in [6.07, 6.45) is 2.13. The third kappa shape index (κ3) is 4.24. The van der Waals surface area contributed by atoms with Crippen LogP contribution in [0.4, 0.5) is 5.69 Å². The Morgan fingerprint density at radius 2 is 2.00 bits per heavy atom. The maximum absolute atomic E-state index is 5.87. The molecule has 0 radical (unpaired) electrons. The van der Waals surface area contributed by atoms with Crippen LogP contribution in [-0.2, 0) is 6.42 Å². The molecule has 2 aromatic rings. The molecule has 0 aliphatic rings. The summed E-state index contributed by atoms with van der Waals surface area (Å²) in [6.45, 7) is 9.38. The van der Waals surface area contributed by atoms with Gasteiger partial charge in [0.05, 0.1) is 18.3 Å². The van der Waals surface area contributed by atoms with Crippen molar-refractivity contribution >= 4 is 17.0 Å². The molecule has 0 fully saturated rings. The molecule has 0 aliphatic heterocycles. The van der Waals surface area contributed by atoms with E-state index in [-0.39, 0.29) is 0 Å². The summed E-state index contributed by atoms with van der Waals surface area (Å²) in [4.78, 5) is 2.80. The summed E-state index contributed by atoms with van der Waals surface area (Å²) in [5, 5.41) is 3.59. The van der Waals surface area contributed by atoms with Gasteiger partial charge in [-0.15, -0.1) is 11.3 Å². The van der Waals surface area contributed by atoms with Crippen LogP contribution in [0.3, 0.4) is 0 Å². The van der Waals surface area contributed by atoms with Gasteiger partial charge in [-0.1, -0.05) is 19.9 Å². The van der Waals surface area contributed by atoms with Crippen molar-refractivity contribution in [3.63, 3.8) is 0 Å². The smallest absolute Gasteiger partial charge is 0.142 e. The van der Waals surface area contributed by atoms with E-state index in [2.05, 4.69) is 63.3 Å². The second-order valence-electron chi connectivity index (χ2n) is 5.37. The first-order valence-electron chi connectivity index (χ1n) is 7.72. The highest BCUT2D eigenvalue weighted by Crippen LogP contribution is 2.32.